The van der Waals surface area contributed by atoms with Gasteiger partial charge in [0.2, 0.25) is 0 Å². The SMILES string of the molecule is Cc1cc(C(=O)NN2C(C)CCCC2C)ccc1N. The van der Waals surface area contributed by atoms with E-state index < -0.39 is 0 Å². The highest BCUT2D eigenvalue weighted by atomic mass is 16.2. The molecule has 3 N–H and O–H groups in total. The molecule has 1 aliphatic rings. The molecule has 4 heteroatoms. The summed E-state index contributed by atoms with van der Waals surface area (Å²) in [7, 11) is 0. The van der Waals surface area contributed by atoms with E-state index in [0.717, 1.165) is 24.1 Å². The van der Waals surface area contributed by atoms with Crippen molar-refractivity contribution in [1.29, 1.82) is 0 Å². The molecule has 1 saturated heterocycles. The number of anilines is 1. The molecule has 0 aliphatic carbocycles. The molecule has 0 radical (unpaired) electrons. The van der Waals surface area contributed by atoms with Gasteiger partial charge < -0.3 is 5.73 Å². The molecule has 0 bridgehead atoms. The van der Waals surface area contributed by atoms with Gasteiger partial charge in [-0.15, -0.1) is 0 Å². The van der Waals surface area contributed by atoms with Crippen LogP contribution in [0.25, 0.3) is 0 Å². The molecule has 0 aromatic heterocycles. The van der Waals surface area contributed by atoms with E-state index in [1.54, 1.807) is 12.1 Å². The molecule has 19 heavy (non-hydrogen) atoms. The van der Waals surface area contributed by atoms with Gasteiger partial charge in [0, 0.05) is 23.3 Å². The van der Waals surface area contributed by atoms with Crippen LogP contribution in [0.4, 0.5) is 5.69 Å². The van der Waals surface area contributed by atoms with Gasteiger partial charge in [-0.3, -0.25) is 10.2 Å². The number of piperidine rings is 1. The number of aryl methyl sites for hydroxylation is 1. The third-order valence-electron chi connectivity index (χ3n) is 3.96. The van der Waals surface area contributed by atoms with Crippen LogP contribution in [0, 0.1) is 6.92 Å². The second kappa shape index (κ2) is 5.61. The number of hydrazine groups is 1. The molecule has 2 rings (SSSR count). The van der Waals surface area contributed by atoms with Gasteiger partial charge in [-0.2, -0.15) is 0 Å². The summed E-state index contributed by atoms with van der Waals surface area (Å²) in [6.45, 7) is 6.23. The Morgan fingerprint density at radius 3 is 2.53 bits per heavy atom. The highest BCUT2D eigenvalue weighted by Crippen LogP contribution is 2.21. The lowest BCUT2D eigenvalue weighted by Crippen LogP contribution is -2.54. The predicted molar refractivity (Wildman–Crippen MR) is 77.7 cm³/mol. The number of nitrogens with two attached hydrogens (primary N) is 1. The summed E-state index contributed by atoms with van der Waals surface area (Å²) in [4.78, 5) is 12.3. The first kappa shape index (κ1) is 13.9. The lowest BCUT2D eigenvalue weighted by atomic mass is 10.00. The van der Waals surface area contributed by atoms with Gasteiger partial charge in [0.25, 0.3) is 5.91 Å². The fourth-order valence-corrected chi connectivity index (χ4v) is 2.64. The number of nitrogens with zero attached hydrogens (tertiary/aromatic N) is 1. The van der Waals surface area contributed by atoms with Crippen LogP contribution in [0.2, 0.25) is 0 Å². The molecule has 4 nitrogen and oxygen atoms in total. The summed E-state index contributed by atoms with van der Waals surface area (Å²) < 4.78 is 0. The zero-order valence-electron chi connectivity index (χ0n) is 11.9. The summed E-state index contributed by atoms with van der Waals surface area (Å²) in [5.41, 5.74) is 11.1. The van der Waals surface area contributed by atoms with E-state index in [-0.39, 0.29) is 5.91 Å². The number of hydrogen-bond donors (Lipinski definition) is 2. The maximum Gasteiger partial charge on any atom is 0.265 e. The van der Waals surface area contributed by atoms with E-state index in [0.29, 0.717) is 17.6 Å². The first-order chi connectivity index (χ1) is 8.99. The molecule has 2 atom stereocenters. The predicted octanol–water partition coefficient (Wildman–Crippen LogP) is 2.48. The number of rotatable bonds is 2. The van der Waals surface area contributed by atoms with Crippen LogP contribution in [-0.4, -0.2) is 23.0 Å². The fourth-order valence-electron chi connectivity index (χ4n) is 2.64. The topological polar surface area (TPSA) is 58.4 Å². The first-order valence-electron chi connectivity index (χ1n) is 6.94. The maximum atomic E-state index is 12.3. The van der Waals surface area contributed by atoms with Crippen LogP contribution in [0.1, 0.15) is 49.0 Å². The lowest BCUT2D eigenvalue weighted by molar-refractivity contribution is 0.0370. The minimum Gasteiger partial charge on any atom is -0.399 e. The molecular formula is C15H23N3O. The number of benzene rings is 1. The van der Waals surface area contributed by atoms with E-state index in [2.05, 4.69) is 24.3 Å². The standard InChI is InChI=1S/C15H23N3O/c1-10-9-13(7-8-14(10)16)15(19)17-18-11(2)5-4-6-12(18)3/h7-9,11-12H,4-6,16H2,1-3H3,(H,17,19). The Labute approximate surface area is 114 Å². The zero-order chi connectivity index (χ0) is 14.0. The Morgan fingerprint density at radius 2 is 1.95 bits per heavy atom. The normalized spacial score (nSPS) is 24.2. The van der Waals surface area contributed by atoms with Crippen LogP contribution in [-0.2, 0) is 0 Å². The van der Waals surface area contributed by atoms with Gasteiger partial charge >= 0.3 is 0 Å². The van der Waals surface area contributed by atoms with Crippen LogP contribution < -0.4 is 11.2 Å². The molecule has 1 aromatic carbocycles. The Hall–Kier alpha value is -1.55. The monoisotopic (exact) mass is 261 g/mol. The van der Waals surface area contributed by atoms with Gasteiger partial charge in [0.15, 0.2) is 0 Å². The molecule has 104 valence electrons. The molecule has 0 saturated carbocycles. The average Bonchev–Trinajstić information content (AvgIpc) is 2.37. The summed E-state index contributed by atoms with van der Waals surface area (Å²) in [6, 6.07) is 6.18. The van der Waals surface area contributed by atoms with E-state index in [1.807, 2.05) is 13.0 Å². The number of nitrogens with one attached hydrogen (secondary N) is 1. The number of carbonyl (C=O) groups is 1. The summed E-state index contributed by atoms with van der Waals surface area (Å²) in [5.74, 6) is -0.0521. The quantitative estimate of drug-likeness (QED) is 0.804. The molecule has 0 spiro atoms. The second-order valence-electron chi connectivity index (χ2n) is 5.55. The van der Waals surface area contributed by atoms with Gasteiger partial charge in [0.1, 0.15) is 0 Å². The lowest BCUT2D eigenvalue weighted by Gasteiger charge is -2.38. The van der Waals surface area contributed by atoms with Crippen molar-refractivity contribution in [3.63, 3.8) is 0 Å². The minimum absolute atomic E-state index is 0.0521. The Kier molecular flexibility index (Phi) is 4.10. The number of carbonyl (C=O) groups excluding carboxylic acids is 1. The molecular weight excluding hydrogens is 238 g/mol. The molecule has 1 amide bonds. The molecule has 1 aliphatic heterocycles. The molecule has 2 unspecified atom stereocenters. The number of amides is 1. The largest absolute Gasteiger partial charge is 0.399 e. The van der Waals surface area contributed by atoms with Crippen molar-refractivity contribution in [2.75, 3.05) is 5.73 Å². The summed E-state index contributed by atoms with van der Waals surface area (Å²) in [6.07, 6.45) is 3.49. The van der Waals surface area contributed by atoms with E-state index >= 15 is 0 Å². The molecule has 1 fully saturated rings. The van der Waals surface area contributed by atoms with Crippen LogP contribution >= 0.6 is 0 Å². The van der Waals surface area contributed by atoms with Crippen molar-refractivity contribution in [1.82, 2.24) is 10.4 Å². The van der Waals surface area contributed by atoms with Crippen molar-refractivity contribution < 1.29 is 4.79 Å². The fraction of sp³-hybridized carbons (Fsp3) is 0.533. The van der Waals surface area contributed by atoms with Gasteiger partial charge in [-0.1, -0.05) is 6.42 Å². The second-order valence-corrected chi connectivity index (χ2v) is 5.55. The third kappa shape index (κ3) is 3.07. The Bertz CT molecular complexity index is 462. The number of nitrogen functional groups attached to an aromatic ring is 1. The van der Waals surface area contributed by atoms with Crippen LogP contribution in [0.5, 0.6) is 0 Å². The molecule has 1 heterocycles. The Morgan fingerprint density at radius 1 is 1.32 bits per heavy atom. The van der Waals surface area contributed by atoms with Crippen molar-refractivity contribution in [2.24, 2.45) is 0 Å². The summed E-state index contributed by atoms with van der Waals surface area (Å²) in [5, 5.41) is 2.08. The zero-order valence-corrected chi connectivity index (χ0v) is 11.9. The van der Waals surface area contributed by atoms with E-state index in [9.17, 15) is 4.79 Å². The first-order valence-corrected chi connectivity index (χ1v) is 6.94. The van der Waals surface area contributed by atoms with Gasteiger partial charge in [-0.25, -0.2) is 5.01 Å². The minimum atomic E-state index is -0.0521. The van der Waals surface area contributed by atoms with Crippen LogP contribution in [0.15, 0.2) is 18.2 Å². The highest BCUT2D eigenvalue weighted by Gasteiger charge is 2.26. The van der Waals surface area contributed by atoms with E-state index in [4.69, 9.17) is 5.73 Å². The highest BCUT2D eigenvalue weighted by molar-refractivity contribution is 5.94. The van der Waals surface area contributed by atoms with Crippen molar-refractivity contribution >= 4 is 11.6 Å². The smallest absolute Gasteiger partial charge is 0.265 e. The van der Waals surface area contributed by atoms with E-state index in [1.165, 1.54) is 6.42 Å². The van der Waals surface area contributed by atoms with Crippen molar-refractivity contribution in [3.8, 4) is 0 Å². The number of hydrogen-bond acceptors (Lipinski definition) is 3. The van der Waals surface area contributed by atoms with Crippen molar-refractivity contribution in [3.05, 3.63) is 29.3 Å². The third-order valence-corrected chi connectivity index (χ3v) is 3.96. The average molecular weight is 261 g/mol. The Balaban J connectivity index is 2.09. The summed E-state index contributed by atoms with van der Waals surface area (Å²) >= 11 is 0. The van der Waals surface area contributed by atoms with Gasteiger partial charge in [0.05, 0.1) is 0 Å². The van der Waals surface area contributed by atoms with Gasteiger partial charge in [-0.05, 0) is 57.4 Å². The molecule has 1 aromatic rings. The van der Waals surface area contributed by atoms with Crippen LogP contribution in [0.3, 0.4) is 0 Å². The maximum absolute atomic E-state index is 12.3. The van der Waals surface area contributed by atoms with Crippen molar-refractivity contribution in [2.45, 2.75) is 52.1 Å².